The predicted molar refractivity (Wildman–Crippen MR) is 108 cm³/mol. The fraction of sp³-hybridized carbons (Fsp3) is 0.0556. The molecule has 12 heteroatoms. The molecule has 11 nitrogen and oxygen atoms in total. The summed E-state index contributed by atoms with van der Waals surface area (Å²) in [6.07, 6.45) is 3.90. The lowest BCUT2D eigenvalue weighted by atomic mass is 10.2. The number of carbonyl (C=O) groups is 2. The van der Waals surface area contributed by atoms with E-state index in [9.17, 15) is 19.7 Å². The minimum atomic E-state index is -0.643. The highest BCUT2D eigenvalue weighted by molar-refractivity contribution is 8.18. The maximum atomic E-state index is 11.7. The number of pyridine rings is 1. The van der Waals surface area contributed by atoms with Gasteiger partial charge in [0.1, 0.15) is 5.75 Å². The minimum Gasteiger partial charge on any atom is -0.466 e. The molecule has 0 bridgehead atoms. The fourth-order valence-corrected chi connectivity index (χ4v) is 2.86. The van der Waals surface area contributed by atoms with Crippen molar-refractivity contribution in [3.8, 4) is 11.6 Å². The number of rotatable bonds is 6. The number of methoxy groups -OCH3 is 1. The molecule has 1 fully saturated rings. The molecule has 0 spiro atoms. The van der Waals surface area contributed by atoms with Crippen molar-refractivity contribution in [2.75, 3.05) is 7.11 Å². The molecule has 1 N–H and O–H groups in total. The molecule has 0 atom stereocenters. The van der Waals surface area contributed by atoms with Crippen LogP contribution < -0.4 is 10.1 Å². The normalized spacial score (nSPS) is 16.1. The second kappa shape index (κ2) is 9.43. The van der Waals surface area contributed by atoms with Gasteiger partial charge in [-0.2, -0.15) is 5.10 Å². The summed E-state index contributed by atoms with van der Waals surface area (Å²) < 4.78 is 9.93. The quantitative estimate of drug-likeness (QED) is 0.243. The highest BCUT2D eigenvalue weighted by atomic mass is 32.2. The number of amidine groups is 1. The number of benzene rings is 1. The Morgan fingerprint density at radius 3 is 2.77 bits per heavy atom. The van der Waals surface area contributed by atoms with Crippen molar-refractivity contribution in [3.05, 3.63) is 69.3 Å². The largest absolute Gasteiger partial charge is 0.466 e. The van der Waals surface area contributed by atoms with Crippen molar-refractivity contribution in [1.82, 2.24) is 10.3 Å². The van der Waals surface area contributed by atoms with Crippen molar-refractivity contribution >= 4 is 40.7 Å². The zero-order valence-corrected chi connectivity index (χ0v) is 16.2. The van der Waals surface area contributed by atoms with E-state index in [-0.39, 0.29) is 21.6 Å². The lowest BCUT2D eigenvalue weighted by Crippen LogP contribution is -2.19. The van der Waals surface area contributed by atoms with E-state index in [1.165, 1.54) is 31.7 Å². The van der Waals surface area contributed by atoms with Crippen LogP contribution in [0.25, 0.3) is 0 Å². The number of nitro groups is 1. The molecule has 0 unspecified atom stereocenters. The van der Waals surface area contributed by atoms with Crippen LogP contribution in [0.5, 0.6) is 11.6 Å². The zero-order valence-electron chi connectivity index (χ0n) is 15.3. The molecule has 0 saturated carbocycles. The van der Waals surface area contributed by atoms with Gasteiger partial charge >= 0.3 is 11.7 Å². The number of hydrogen-bond donors (Lipinski definition) is 1. The second-order valence-corrected chi connectivity index (χ2v) is 6.52. The third-order valence-electron chi connectivity index (χ3n) is 3.50. The number of aromatic nitrogens is 1. The SMILES string of the molecule is COC(=O)/C=C1/S/C(=N\N=Cc2ccc(Oc3ncccc3[N+](=O)[O-])cc2)NC1=O. The first-order chi connectivity index (χ1) is 14.5. The van der Waals surface area contributed by atoms with Gasteiger partial charge in [0, 0.05) is 18.3 Å². The summed E-state index contributed by atoms with van der Waals surface area (Å²) in [5.74, 6) is -0.864. The third kappa shape index (κ3) is 5.26. The topological polar surface area (TPSA) is 145 Å². The maximum Gasteiger partial charge on any atom is 0.331 e. The molecule has 1 amide bonds. The van der Waals surface area contributed by atoms with Gasteiger partial charge in [0.15, 0.2) is 5.17 Å². The highest BCUT2D eigenvalue weighted by Crippen LogP contribution is 2.28. The monoisotopic (exact) mass is 427 g/mol. The van der Waals surface area contributed by atoms with E-state index in [1.807, 2.05) is 0 Å². The molecule has 152 valence electrons. The molecule has 3 rings (SSSR count). The van der Waals surface area contributed by atoms with Gasteiger partial charge < -0.3 is 9.47 Å². The van der Waals surface area contributed by atoms with Crippen LogP contribution in [0.3, 0.4) is 0 Å². The van der Waals surface area contributed by atoms with Crippen LogP contribution in [0, 0.1) is 10.1 Å². The van der Waals surface area contributed by atoms with Gasteiger partial charge in [-0.05, 0) is 47.7 Å². The van der Waals surface area contributed by atoms with Crippen LogP contribution in [0.15, 0.2) is 63.8 Å². The summed E-state index contributed by atoms with van der Waals surface area (Å²) in [4.78, 5) is 37.4. The van der Waals surface area contributed by atoms with Crippen LogP contribution in [-0.4, -0.2) is 40.3 Å². The molecule has 1 aliphatic heterocycles. The number of carbonyl (C=O) groups excluding carboxylic acids is 2. The summed E-state index contributed by atoms with van der Waals surface area (Å²) in [7, 11) is 1.21. The summed E-state index contributed by atoms with van der Waals surface area (Å²) in [6, 6.07) is 9.26. The summed E-state index contributed by atoms with van der Waals surface area (Å²) >= 11 is 0.959. The molecule has 2 aromatic rings. The van der Waals surface area contributed by atoms with Crippen molar-refractivity contribution in [3.63, 3.8) is 0 Å². The smallest absolute Gasteiger partial charge is 0.331 e. The fourth-order valence-electron chi connectivity index (χ4n) is 2.12. The predicted octanol–water partition coefficient (Wildman–Crippen LogP) is 2.39. The molecule has 0 aliphatic carbocycles. The van der Waals surface area contributed by atoms with Gasteiger partial charge in [-0.15, -0.1) is 5.10 Å². The highest BCUT2D eigenvalue weighted by Gasteiger charge is 2.25. The minimum absolute atomic E-state index is 0.111. The van der Waals surface area contributed by atoms with E-state index in [1.54, 1.807) is 24.3 Å². The zero-order chi connectivity index (χ0) is 21.5. The number of ether oxygens (including phenoxy) is 2. The van der Waals surface area contributed by atoms with Gasteiger partial charge in [0.2, 0.25) is 0 Å². The Morgan fingerprint density at radius 2 is 2.07 bits per heavy atom. The summed E-state index contributed by atoms with van der Waals surface area (Å²) in [6.45, 7) is 0. The molecular formula is C18H13N5O6S. The molecule has 1 saturated heterocycles. The van der Waals surface area contributed by atoms with E-state index < -0.39 is 16.8 Å². The number of nitrogens with zero attached hydrogens (tertiary/aromatic N) is 4. The van der Waals surface area contributed by atoms with Crippen molar-refractivity contribution in [2.24, 2.45) is 10.2 Å². The van der Waals surface area contributed by atoms with E-state index in [0.29, 0.717) is 11.3 Å². The first kappa shape index (κ1) is 20.7. The van der Waals surface area contributed by atoms with Crippen LogP contribution in [-0.2, 0) is 14.3 Å². The molecule has 30 heavy (non-hydrogen) atoms. The van der Waals surface area contributed by atoms with Crippen LogP contribution in [0.2, 0.25) is 0 Å². The Balaban J connectivity index is 1.64. The Hall–Kier alpha value is -4.06. The van der Waals surface area contributed by atoms with Gasteiger partial charge in [-0.3, -0.25) is 20.2 Å². The Morgan fingerprint density at radius 1 is 1.30 bits per heavy atom. The standard InChI is InChI=1S/C18H13N5O6S/c1-28-15(24)9-14-16(25)21-18(30-14)22-20-10-11-4-6-12(7-5-11)29-17-13(23(26)27)3-2-8-19-17/h2-10H,1H3,(H,21,22,25)/b14-9+,20-10?. The lowest BCUT2D eigenvalue weighted by Gasteiger charge is -2.04. The van der Waals surface area contributed by atoms with Crippen LogP contribution in [0.4, 0.5) is 5.69 Å². The summed E-state index contributed by atoms with van der Waals surface area (Å²) in [5.41, 5.74) is 0.428. The third-order valence-corrected chi connectivity index (χ3v) is 4.40. The van der Waals surface area contributed by atoms with Gasteiger partial charge in [0.05, 0.1) is 23.2 Å². The van der Waals surface area contributed by atoms with E-state index in [4.69, 9.17) is 4.74 Å². The number of hydrogen-bond acceptors (Lipinski definition) is 10. The number of amides is 1. The van der Waals surface area contributed by atoms with Gasteiger partial charge in [0.25, 0.3) is 11.8 Å². The van der Waals surface area contributed by atoms with Crippen LogP contribution >= 0.6 is 11.8 Å². The Kier molecular flexibility index (Phi) is 6.49. The first-order valence-corrected chi connectivity index (χ1v) is 9.05. The lowest BCUT2D eigenvalue weighted by molar-refractivity contribution is -0.386. The second-order valence-electron chi connectivity index (χ2n) is 5.49. The Labute approximate surface area is 173 Å². The van der Waals surface area contributed by atoms with Crippen molar-refractivity contribution < 1.29 is 24.0 Å². The molecule has 2 heterocycles. The summed E-state index contributed by atoms with van der Waals surface area (Å²) in [5, 5.41) is 21.5. The van der Waals surface area contributed by atoms with E-state index >= 15 is 0 Å². The number of thioether (sulfide) groups is 1. The average molecular weight is 427 g/mol. The van der Waals surface area contributed by atoms with E-state index in [2.05, 4.69) is 25.2 Å². The molecule has 0 radical (unpaired) electrons. The van der Waals surface area contributed by atoms with E-state index in [0.717, 1.165) is 17.8 Å². The number of esters is 1. The molecule has 1 aliphatic rings. The average Bonchev–Trinajstić information content (AvgIpc) is 3.08. The van der Waals surface area contributed by atoms with Crippen molar-refractivity contribution in [2.45, 2.75) is 0 Å². The van der Waals surface area contributed by atoms with Gasteiger partial charge in [-0.25, -0.2) is 9.78 Å². The van der Waals surface area contributed by atoms with Crippen molar-refractivity contribution in [1.29, 1.82) is 0 Å². The molecule has 1 aromatic carbocycles. The molecule has 1 aromatic heterocycles. The first-order valence-electron chi connectivity index (χ1n) is 8.23. The molecular weight excluding hydrogens is 414 g/mol. The van der Waals surface area contributed by atoms with Gasteiger partial charge in [-0.1, -0.05) is 0 Å². The van der Waals surface area contributed by atoms with Crippen LogP contribution in [0.1, 0.15) is 5.56 Å². The number of nitrogens with one attached hydrogen (secondary N) is 1. The Bertz CT molecular complexity index is 1080. The maximum absolute atomic E-state index is 11.7.